The van der Waals surface area contributed by atoms with Crippen LogP contribution in [0.25, 0.3) is 0 Å². The monoisotopic (exact) mass is 738 g/mol. The molecule has 0 rings (SSSR count). The summed E-state index contributed by atoms with van der Waals surface area (Å²) in [6, 6.07) is 0. The number of carbonyl (C=O) groups excluding carboxylic acids is 3. The molecule has 0 spiro atoms. The topological polar surface area (TPSA) is 102 Å². The molecule has 2 N–H and O–H groups in total. The Morgan fingerprint density at radius 3 is 1.83 bits per heavy atom. The van der Waals surface area contributed by atoms with Crippen molar-refractivity contribution in [3.05, 3.63) is 12.7 Å². The molecule has 0 unspecified atom stereocenters. The van der Waals surface area contributed by atoms with Crippen LogP contribution in [-0.2, 0) is 14.3 Å². The number of likely N-dealkylation sites (N-methyl/N-ethyl adjacent to an activating group) is 1. The van der Waals surface area contributed by atoms with Crippen molar-refractivity contribution in [1.82, 2.24) is 20.0 Å². The zero-order valence-electron chi connectivity index (χ0n) is 30.1. The van der Waals surface area contributed by atoms with E-state index in [2.05, 4.69) is 23.7 Å². The molecule has 0 aliphatic carbocycles. The minimum atomic E-state index is -0.418. The Balaban J connectivity index is 3.80. The van der Waals surface area contributed by atoms with Gasteiger partial charge in [-0.15, -0.1) is 6.58 Å². The third kappa shape index (κ3) is 28.8. The van der Waals surface area contributed by atoms with Crippen molar-refractivity contribution in [3.8, 4) is 0 Å². The molecular weight excluding hydrogens is 673 g/mol. The number of thioether (sulfide) groups is 4. The molecular formula is C34H66N4O5S4. The highest BCUT2D eigenvalue weighted by molar-refractivity contribution is 8.00. The fourth-order valence-electron chi connectivity index (χ4n) is 4.51. The summed E-state index contributed by atoms with van der Waals surface area (Å²) in [5, 5.41) is 12.3. The van der Waals surface area contributed by atoms with Crippen LogP contribution >= 0.6 is 47.0 Å². The van der Waals surface area contributed by atoms with Crippen LogP contribution in [0.15, 0.2) is 12.7 Å². The summed E-state index contributed by atoms with van der Waals surface area (Å²) in [4.78, 5) is 42.9. The highest BCUT2D eigenvalue weighted by Crippen LogP contribution is 2.17. The SMILES string of the molecule is C=CCN(CCN(C)C)C(=O)CCSCCCSCCCN(CCO)C(=O)CCSCCCSCCCNC(=O)OC(C)(C)CCC. The van der Waals surface area contributed by atoms with E-state index in [0.717, 1.165) is 97.6 Å². The van der Waals surface area contributed by atoms with Gasteiger partial charge < -0.3 is 29.9 Å². The van der Waals surface area contributed by atoms with Crippen LogP contribution in [0, 0.1) is 0 Å². The van der Waals surface area contributed by atoms with Gasteiger partial charge in [0.05, 0.1) is 6.61 Å². The zero-order chi connectivity index (χ0) is 35.2. The molecule has 0 radical (unpaired) electrons. The molecule has 0 heterocycles. The molecule has 0 saturated heterocycles. The summed E-state index contributed by atoms with van der Waals surface area (Å²) in [7, 11) is 4.03. The first-order valence-electron chi connectivity index (χ1n) is 17.3. The van der Waals surface area contributed by atoms with E-state index in [1.807, 2.05) is 84.8 Å². The maximum Gasteiger partial charge on any atom is 0.407 e. The third-order valence-corrected chi connectivity index (χ3v) is 11.4. The number of ether oxygens (including phenoxy) is 1. The van der Waals surface area contributed by atoms with Gasteiger partial charge >= 0.3 is 6.09 Å². The van der Waals surface area contributed by atoms with Crippen molar-refractivity contribution in [1.29, 1.82) is 0 Å². The predicted molar refractivity (Wildman–Crippen MR) is 209 cm³/mol. The standard InChI is InChI=1S/C34H66N4O5S4/c1-7-15-34(3,4)43-33(42)35-16-9-23-44-25-11-27-47-30-14-32(41)38(21-22-39)18-10-24-45-26-12-28-46-29-13-31(40)37(17-8-2)20-19-36(5)6/h8,39H,2,7,9-30H2,1,3-6H3,(H,35,42). The second kappa shape index (κ2) is 31.3. The van der Waals surface area contributed by atoms with Gasteiger partial charge in [0.1, 0.15) is 5.60 Å². The first-order valence-corrected chi connectivity index (χ1v) is 21.9. The van der Waals surface area contributed by atoms with Crippen LogP contribution in [-0.4, -0.2) is 149 Å². The lowest BCUT2D eigenvalue weighted by atomic mass is 10.0. The van der Waals surface area contributed by atoms with Crippen LogP contribution < -0.4 is 5.32 Å². The molecule has 0 atom stereocenters. The Morgan fingerprint density at radius 2 is 1.30 bits per heavy atom. The molecule has 0 saturated carbocycles. The fourth-order valence-corrected chi connectivity index (χ4v) is 8.40. The van der Waals surface area contributed by atoms with Gasteiger partial charge in [-0.2, -0.15) is 47.0 Å². The first kappa shape index (κ1) is 46.3. The number of hydrogen-bond donors (Lipinski definition) is 2. The van der Waals surface area contributed by atoms with Gasteiger partial charge in [0.25, 0.3) is 0 Å². The van der Waals surface area contributed by atoms with E-state index in [9.17, 15) is 19.5 Å². The van der Waals surface area contributed by atoms with E-state index in [1.165, 1.54) is 0 Å². The number of amides is 3. The molecule has 0 aromatic heterocycles. The number of aliphatic hydroxyl groups is 1. The number of carbonyl (C=O) groups is 3. The van der Waals surface area contributed by atoms with E-state index in [0.29, 0.717) is 39.0 Å². The Kier molecular flexibility index (Phi) is 30.8. The number of nitrogens with zero attached hydrogens (tertiary/aromatic N) is 3. The highest BCUT2D eigenvalue weighted by Gasteiger charge is 2.21. The van der Waals surface area contributed by atoms with Crippen molar-refractivity contribution >= 4 is 65.0 Å². The lowest BCUT2D eigenvalue weighted by Gasteiger charge is -2.24. The van der Waals surface area contributed by atoms with Crippen LogP contribution in [0.5, 0.6) is 0 Å². The molecule has 13 heteroatoms. The molecule has 9 nitrogen and oxygen atoms in total. The van der Waals surface area contributed by atoms with Crippen molar-refractivity contribution in [2.45, 2.75) is 77.7 Å². The number of alkyl carbamates (subject to hydrolysis) is 1. The van der Waals surface area contributed by atoms with Crippen molar-refractivity contribution in [3.63, 3.8) is 0 Å². The zero-order valence-corrected chi connectivity index (χ0v) is 33.4. The van der Waals surface area contributed by atoms with Gasteiger partial charge in [0, 0.05) is 63.6 Å². The van der Waals surface area contributed by atoms with Gasteiger partial charge in [-0.25, -0.2) is 4.79 Å². The average Bonchev–Trinajstić information content (AvgIpc) is 3.01. The molecule has 0 aliphatic rings. The first-order chi connectivity index (χ1) is 22.6. The predicted octanol–water partition coefficient (Wildman–Crippen LogP) is 5.96. The van der Waals surface area contributed by atoms with E-state index in [4.69, 9.17) is 4.74 Å². The summed E-state index contributed by atoms with van der Waals surface area (Å²) in [5.74, 6) is 8.26. The molecule has 276 valence electrons. The largest absolute Gasteiger partial charge is 0.444 e. The minimum absolute atomic E-state index is 0.00246. The molecule has 0 bridgehead atoms. The molecule has 0 aromatic rings. The summed E-state index contributed by atoms with van der Waals surface area (Å²) < 4.78 is 5.46. The van der Waals surface area contributed by atoms with E-state index < -0.39 is 5.60 Å². The molecule has 3 amide bonds. The molecule has 0 fully saturated rings. The van der Waals surface area contributed by atoms with Crippen molar-refractivity contribution in [2.24, 2.45) is 0 Å². The van der Waals surface area contributed by atoms with Crippen LogP contribution in [0.4, 0.5) is 4.79 Å². The number of nitrogens with one attached hydrogen (secondary N) is 1. The normalized spacial score (nSPS) is 11.5. The Labute approximate surface area is 304 Å². The van der Waals surface area contributed by atoms with Crippen LogP contribution in [0.2, 0.25) is 0 Å². The second-order valence-electron chi connectivity index (χ2n) is 12.2. The van der Waals surface area contributed by atoms with Crippen molar-refractivity contribution < 1.29 is 24.2 Å². The average molecular weight is 739 g/mol. The number of hydrogen-bond acceptors (Lipinski definition) is 10. The van der Waals surface area contributed by atoms with E-state index in [-0.39, 0.29) is 24.5 Å². The summed E-state index contributed by atoms with van der Waals surface area (Å²) in [6.07, 6.45) is 8.45. The van der Waals surface area contributed by atoms with Gasteiger partial charge in [0.15, 0.2) is 0 Å². The van der Waals surface area contributed by atoms with Gasteiger partial charge in [0.2, 0.25) is 11.8 Å². The third-order valence-electron chi connectivity index (χ3n) is 6.99. The molecule has 0 aliphatic heterocycles. The maximum atomic E-state index is 12.7. The smallest absolute Gasteiger partial charge is 0.407 e. The second-order valence-corrected chi connectivity index (χ2v) is 17.1. The summed E-state index contributed by atoms with van der Waals surface area (Å²) in [6.45, 7) is 13.7. The number of rotatable bonds is 32. The Hall–Kier alpha value is -0.730. The van der Waals surface area contributed by atoms with E-state index in [1.54, 1.807) is 6.08 Å². The quantitative estimate of drug-likeness (QED) is 0.0635. The minimum Gasteiger partial charge on any atom is -0.444 e. The summed E-state index contributed by atoms with van der Waals surface area (Å²) in [5.41, 5.74) is -0.418. The Bertz CT molecular complexity index is 823. The Morgan fingerprint density at radius 1 is 0.766 bits per heavy atom. The molecule has 0 aromatic carbocycles. The lowest BCUT2D eigenvalue weighted by molar-refractivity contribution is -0.131. The van der Waals surface area contributed by atoms with E-state index >= 15 is 0 Å². The van der Waals surface area contributed by atoms with Gasteiger partial charge in [-0.3, -0.25) is 9.59 Å². The lowest BCUT2D eigenvalue weighted by Crippen LogP contribution is -2.36. The van der Waals surface area contributed by atoms with Crippen molar-refractivity contribution in [2.75, 3.05) is 106 Å². The highest BCUT2D eigenvalue weighted by atomic mass is 32.2. The number of aliphatic hydroxyl groups excluding tert-OH is 1. The fraction of sp³-hybridized carbons (Fsp3) is 0.853. The van der Waals surface area contributed by atoms with Crippen LogP contribution in [0.1, 0.15) is 72.1 Å². The maximum absolute atomic E-state index is 12.7. The molecule has 47 heavy (non-hydrogen) atoms. The summed E-state index contributed by atoms with van der Waals surface area (Å²) >= 11 is 7.48. The van der Waals surface area contributed by atoms with Gasteiger partial charge in [-0.05, 0) is 94.6 Å². The van der Waals surface area contributed by atoms with Gasteiger partial charge in [-0.1, -0.05) is 19.4 Å². The van der Waals surface area contributed by atoms with Crippen LogP contribution in [0.3, 0.4) is 0 Å².